The Morgan fingerprint density at radius 3 is 2.72 bits per heavy atom. The second kappa shape index (κ2) is 9.47. The van der Waals surface area contributed by atoms with Crippen LogP contribution < -0.4 is 15.0 Å². The van der Waals surface area contributed by atoms with E-state index in [4.69, 9.17) is 27.9 Å². The summed E-state index contributed by atoms with van der Waals surface area (Å²) in [6.45, 7) is 2.42. The molecule has 0 bridgehead atoms. The van der Waals surface area contributed by atoms with Gasteiger partial charge in [0.25, 0.3) is 5.91 Å². The van der Waals surface area contributed by atoms with E-state index >= 15 is 0 Å². The smallest absolute Gasteiger partial charge is 0.265 e. The summed E-state index contributed by atoms with van der Waals surface area (Å²) in [7, 11) is 0. The summed E-state index contributed by atoms with van der Waals surface area (Å²) in [5.41, 5.74) is 4.00. The number of halogens is 2. The zero-order valence-electron chi connectivity index (χ0n) is 17.3. The first-order valence-electron chi connectivity index (χ1n) is 9.96. The summed E-state index contributed by atoms with van der Waals surface area (Å²) in [6, 6.07) is 18.2. The van der Waals surface area contributed by atoms with Crippen molar-refractivity contribution in [3.05, 3.63) is 93.5 Å². The highest BCUT2D eigenvalue weighted by atomic mass is 35.5. The molecule has 3 aromatic rings. The minimum atomic E-state index is -0.329. The van der Waals surface area contributed by atoms with Crippen LogP contribution in [0.4, 0.5) is 11.4 Å². The van der Waals surface area contributed by atoms with Gasteiger partial charge < -0.3 is 15.0 Å². The van der Waals surface area contributed by atoms with E-state index in [0.717, 1.165) is 11.1 Å². The molecule has 1 N–H and O–H groups in total. The van der Waals surface area contributed by atoms with E-state index in [2.05, 4.69) is 5.32 Å². The van der Waals surface area contributed by atoms with Gasteiger partial charge in [-0.3, -0.25) is 9.59 Å². The molecule has 0 fully saturated rings. The molecule has 0 radical (unpaired) electrons. The number of hydrogen-bond acceptors (Lipinski definition) is 3. The van der Waals surface area contributed by atoms with E-state index in [1.54, 1.807) is 47.4 Å². The number of nitrogens with one attached hydrogen (secondary N) is 1. The van der Waals surface area contributed by atoms with E-state index in [0.29, 0.717) is 39.3 Å². The fraction of sp³-hybridized carbons (Fsp3) is 0.120. The SMILES string of the molecule is Cc1ccccc1CN1C(=O)COc2ccc(NC(=O)/C=C/c3ccc(Cl)cc3Cl)cc21. The highest BCUT2D eigenvalue weighted by Gasteiger charge is 2.26. The number of nitrogens with zero attached hydrogens (tertiary/aromatic N) is 1. The van der Waals surface area contributed by atoms with Crippen LogP contribution in [0, 0.1) is 6.92 Å². The number of carbonyl (C=O) groups is 2. The Labute approximate surface area is 196 Å². The molecule has 1 aliphatic heterocycles. The molecule has 0 saturated carbocycles. The third-order valence-electron chi connectivity index (χ3n) is 5.14. The van der Waals surface area contributed by atoms with Gasteiger partial charge in [-0.2, -0.15) is 0 Å². The van der Waals surface area contributed by atoms with Crippen molar-refractivity contribution in [3.63, 3.8) is 0 Å². The van der Waals surface area contributed by atoms with Gasteiger partial charge in [-0.15, -0.1) is 0 Å². The van der Waals surface area contributed by atoms with Crippen LogP contribution in [0.1, 0.15) is 16.7 Å². The number of benzene rings is 3. The molecule has 0 aliphatic carbocycles. The summed E-state index contributed by atoms with van der Waals surface area (Å²) >= 11 is 12.0. The van der Waals surface area contributed by atoms with Crippen LogP contribution in [-0.2, 0) is 16.1 Å². The molecule has 1 aliphatic rings. The topological polar surface area (TPSA) is 58.6 Å². The molecule has 4 rings (SSSR count). The minimum Gasteiger partial charge on any atom is -0.482 e. The standard InChI is InChI=1S/C25H20Cl2N2O3/c1-16-4-2-3-5-18(16)14-29-22-13-20(9-10-23(22)32-15-25(29)31)28-24(30)11-7-17-6-8-19(26)12-21(17)27/h2-13H,14-15H2,1H3,(H,28,30)/b11-7+. The van der Waals surface area contributed by atoms with Crippen molar-refractivity contribution in [3.8, 4) is 5.75 Å². The Balaban J connectivity index is 1.53. The maximum Gasteiger partial charge on any atom is 0.265 e. The Bertz CT molecular complexity index is 1220. The monoisotopic (exact) mass is 466 g/mol. The fourth-order valence-electron chi connectivity index (χ4n) is 3.40. The molecule has 7 heteroatoms. The van der Waals surface area contributed by atoms with Crippen molar-refractivity contribution in [2.24, 2.45) is 0 Å². The third-order valence-corrected chi connectivity index (χ3v) is 5.70. The predicted octanol–water partition coefficient (Wildman–Crippen LogP) is 5.88. The predicted molar refractivity (Wildman–Crippen MR) is 128 cm³/mol. The summed E-state index contributed by atoms with van der Waals surface area (Å²) in [5, 5.41) is 3.80. The average molecular weight is 467 g/mol. The zero-order valence-corrected chi connectivity index (χ0v) is 18.8. The number of rotatable bonds is 5. The highest BCUT2D eigenvalue weighted by Crippen LogP contribution is 2.36. The van der Waals surface area contributed by atoms with Crippen LogP contribution in [-0.4, -0.2) is 18.4 Å². The molecule has 2 amide bonds. The number of hydrogen-bond donors (Lipinski definition) is 1. The van der Waals surface area contributed by atoms with Crippen LogP contribution in [0.15, 0.2) is 66.7 Å². The van der Waals surface area contributed by atoms with E-state index in [1.165, 1.54) is 6.08 Å². The Morgan fingerprint density at radius 2 is 1.94 bits per heavy atom. The van der Waals surface area contributed by atoms with E-state index in [-0.39, 0.29) is 18.4 Å². The zero-order chi connectivity index (χ0) is 22.7. The van der Waals surface area contributed by atoms with Gasteiger partial charge in [0.1, 0.15) is 5.75 Å². The molecule has 5 nitrogen and oxygen atoms in total. The van der Waals surface area contributed by atoms with Crippen molar-refractivity contribution in [1.29, 1.82) is 0 Å². The Kier molecular flexibility index (Phi) is 6.49. The molecule has 0 atom stereocenters. The quantitative estimate of drug-likeness (QED) is 0.477. The van der Waals surface area contributed by atoms with E-state index in [9.17, 15) is 9.59 Å². The molecule has 0 aromatic heterocycles. The largest absolute Gasteiger partial charge is 0.482 e. The van der Waals surface area contributed by atoms with Crippen molar-refractivity contribution in [2.45, 2.75) is 13.5 Å². The number of anilines is 2. The average Bonchev–Trinajstić information content (AvgIpc) is 2.76. The number of ether oxygens (including phenoxy) is 1. The lowest BCUT2D eigenvalue weighted by Gasteiger charge is -2.30. The van der Waals surface area contributed by atoms with Crippen LogP contribution in [0.5, 0.6) is 5.75 Å². The first-order chi connectivity index (χ1) is 15.4. The van der Waals surface area contributed by atoms with Gasteiger partial charge in [0.05, 0.1) is 12.2 Å². The number of aryl methyl sites for hydroxylation is 1. The molecule has 3 aromatic carbocycles. The first kappa shape index (κ1) is 21.9. The molecular weight excluding hydrogens is 447 g/mol. The minimum absolute atomic E-state index is 0.0187. The van der Waals surface area contributed by atoms with Gasteiger partial charge in [-0.1, -0.05) is 53.5 Å². The van der Waals surface area contributed by atoms with Crippen molar-refractivity contribution in [1.82, 2.24) is 0 Å². The lowest BCUT2D eigenvalue weighted by atomic mass is 10.1. The second-order valence-electron chi connectivity index (χ2n) is 7.37. The van der Waals surface area contributed by atoms with Crippen molar-refractivity contribution in [2.75, 3.05) is 16.8 Å². The normalized spacial score (nSPS) is 13.1. The maximum atomic E-state index is 12.6. The van der Waals surface area contributed by atoms with Gasteiger partial charge in [-0.25, -0.2) is 0 Å². The Hall–Kier alpha value is -3.28. The molecule has 32 heavy (non-hydrogen) atoms. The fourth-order valence-corrected chi connectivity index (χ4v) is 3.87. The summed E-state index contributed by atoms with van der Waals surface area (Å²) in [5.74, 6) is 0.130. The summed E-state index contributed by atoms with van der Waals surface area (Å²) < 4.78 is 5.58. The van der Waals surface area contributed by atoms with Crippen molar-refractivity contribution >= 4 is 52.5 Å². The number of fused-ring (bicyclic) bond motifs is 1. The van der Waals surface area contributed by atoms with Gasteiger partial charge in [0.2, 0.25) is 5.91 Å². The van der Waals surface area contributed by atoms with Crippen molar-refractivity contribution < 1.29 is 14.3 Å². The van der Waals surface area contributed by atoms with Crippen LogP contribution in [0.25, 0.3) is 6.08 Å². The molecule has 0 spiro atoms. The van der Waals surface area contributed by atoms with Crippen LogP contribution >= 0.6 is 23.2 Å². The van der Waals surface area contributed by atoms with Gasteiger partial charge in [0.15, 0.2) is 6.61 Å². The number of amides is 2. The molecule has 162 valence electrons. The molecule has 1 heterocycles. The van der Waals surface area contributed by atoms with Gasteiger partial charge >= 0.3 is 0 Å². The van der Waals surface area contributed by atoms with Crippen LogP contribution in [0.3, 0.4) is 0 Å². The maximum absolute atomic E-state index is 12.6. The lowest BCUT2D eigenvalue weighted by Crippen LogP contribution is -2.38. The highest BCUT2D eigenvalue weighted by molar-refractivity contribution is 6.35. The number of carbonyl (C=O) groups excluding carboxylic acids is 2. The summed E-state index contributed by atoms with van der Waals surface area (Å²) in [6.07, 6.45) is 3.00. The molecule has 0 unspecified atom stereocenters. The third kappa shape index (κ3) is 4.96. The Morgan fingerprint density at radius 1 is 1.12 bits per heavy atom. The van der Waals surface area contributed by atoms with E-state index in [1.807, 2.05) is 31.2 Å². The molecular formula is C25H20Cl2N2O3. The van der Waals surface area contributed by atoms with Gasteiger partial charge in [0, 0.05) is 21.8 Å². The summed E-state index contributed by atoms with van der Waals surface area (Å²) in [4.78, 5) is 26.7. The molecule has 0 saturated heterocycles. The van der Waals surface area contributed by atoms with E-state index < -0.39 is 0 Å². The van der Waals surface area contributed by atoms with Crippen LogP contribution in [0.2, 0.25) is 10.0 Å². The lowest BCUT2D eigenvalue weighted by molar-refractivity contribution is -0.121. The second-order valence-corrected chi connectivity index (χ2v) is 8.21. The van der Waals surface area contributed by atoms with Gasteiger partial charge in [-0.05, 0) is 60.0 Å². The first-order valence-corrected chi connectivity index (χ1v) is 10.7.